The van der Waals surface area contributed by atoms with Crippen LogP contribution in [0.1, 0.15) is 30.9 Å². The molecule has 3 heteroatoms. The summed E-state index contributed by atoms with van der Waals surface area (Å²) in [5.74, 6) is -0.734. The first-order chi connectivity index (χ1) is 6.79. The number of benzene rings is 1. The van der Waals surface area contributed by atoms with Crippen molar-refractivity contribution in [2.75, 3.05) is 6.54 Å². The molecule has 0 saturated carbocycles. The number of hydrogen-bond donors (Lipinski definition) is 2. The second-order valence-corrected chi connectivity index (χ2v) is 3.68. The molecule has 0 amide bonds. The molecule has 1 heterocycles. The van der Waals surface area contributed by atoms with Crippen molar-refractivity contribution in [2.24, 2.45) is 0 Å². The third-order valence-electron chi connectivity index (χ3n) is 2.70. The number of para-hydroxylation sites is 1. The van der Waals surface area contributed by atoms with Gasteiger partial charge in [-0.2, -0.15) is 0 Å². The molecule has 76 valence electrons. The van der Waals surface area contributed by atoms with Crippen molar-refractivity contribution in [3.05, 3.63) is 29.6 Å². The van der Waals surface area contributed by atoms with E-state index in [-0.39, 0.29) is 11.8 Å². The third kappa shape index (κ3) is 1.73. The molecule has 0 aliphatic carbocycles. The van der Waals surface area contributed by atoms with Gasteiger partial charge in [0.2, 0.25) is 0 Å². The Labute approximate surface area is 82.8 Å². The second kappa shape index (κ2) is 3.96. The fraction of sp³-hybridized carbons (Fsp3) is 0.455. The van der Waals surface area contributed by atoms with E-state index in [9.17, 15) is 9.50 Å². The maximum Gasteiger partial charge on any atom is 0.165 e. The minimum Gasteiger partial charge on any atom is -0.505 e. The summed E-state index contributed by atoms with van der Waals surface area (Å²) in [4.78, 5) is 0. The van der Waals surface area contributed by atoms with Crippen LogP contribution in [-0.2, 0) is 0 Å². The highest BCUT2D eigenvalue weighted by Gasteiger charge is 2.19. The number of phenols is 1. The molecule has 1 aliphatic heterocycles. The summed E-state index contributed by atoms with van der Waals surface area (Å²) in [6, 6.07) is 4.81. The average molecular weight is 195 g/mol. The number of phenolic OH excluding ortho intramolecular Hbond substituents is 1. The molecule has 2 N–H and O–H groups in total. The van der Waals surface area contributed by atoms with E-state index in [4.69, 9.17) is 0 Å². The molecule has 1 unspecified atom stereocenters. The van der Waals surface area contributed by atoms with Crippen LogP contribution in [-0.4, -0.2) is 11.7 Å². The molecule has 2 nitrogen and oxygen atoms in total. The van der Waals surface area contributed by atoms with Crippen LogP contribution < -0.4 is 5.32 Å². The molecule has 1 aromatic rings. The molecule has 2 rings (SSSR count). The summed E-state index contributed by atoms with van der Waals surface area (Å²) in [6.07, 6.45) is 3.26. The molecule has 0 spiro atoms. The minimum absolute atomic E-state index is 0.111. The van der Waals surface area contributed by atoms with E-state index in [0.717, 1.165) is 25.8 Å². The Hall–Kier alpha value is -1.09. The molecule has 14 heavy (non-hydrogen) atoms. The Morgan fingerprint density at radius 2 is 2.21 bits per heavy atom. The Kier molecular flexibility index (Phi) is 2.68. The topological polar surface area (TPSA) is 32.3 Å². The molecule has 0 radical (unpaired) electrons. The van der Waals surface area contributed by atoms with Crippen LogP contribution in [0.3, 0.4) is 0 Å². The molecule has 1 aliphatic rings. The van der Waals surface area contributed by atoms with Crippen LogP contribution in [0.5, 0.6) is 5.75 Å². The van der Waals surface area contributed by atoms with Gasteiger partial charge in [-0.15, -0.1) is 0 Å². The zero-order valence-corrected chi connectivity index (χ0v) is 7.96. The normalized spacial score (nSPS) is 22.2. The zero-order chi connectivity index (χ0) is 9.97. The molecule has 1 fully saturated rings. The number of piperidine rings is 1. The summed E-state index contributed by atoms with van der Waals surface area (Å²) in [5, 5.41) is 12.8. The third-order valence-corrected chi connectivity index (χ3v) is 2.70. The highest BCUT2D eigenvalue weighted by atomic mass is 19.1. The number of nitrogens with one attached hydrogen (secondary N) is 1. The summed E-state index contributed by atoms with van der Waals surface area (Å²) in [6.45, 7) is 0.945. The van der Waals surface area contributed by atoms with E-state index < -0.39 is 5.82 Å². The van der Waals surface area contributed by atoms with E-state index >= 15 is 0 Å². The van der Waals surface area contributed by atoms with Gasteiger partial charge in [0.15, 0.2) is 11.6 Å². The summed E-state index contributed by atoms with van der Waals surface area (Å²) in [5.41, 5.74) is 0.685. The van der Waals surface area contributed by atoms with E-state index in [0.29, 0.717) is 5.56 Å². The monoisotopic (exact) mass is 195 g/mol. The predicted octanol–water partition coefficient (Wildman–Crippen LogP) is 2.35. The number of rotatable bonds is 1. The second-order valence-electron chi connectivity index (χ2n) is 3.68. The van der Waals surface area contributed by atoms with Gasteiger partial charge in [0.25, 0.3) is 0 Å². The molecule has 1 atom stereocenters. The quantitative estimate of drug-likeness (QED) is 0.721. The molecular weight excluding hydrogens is 181 g/mol. The maximum atomic E-state index is 13.1. The Bertz CT molecular complexity index is 321. The largest absolute Gasteiger partial charge is 0.505 e. The lowest BCUT2D eigenvalue weighted by Gasteiger charge is -2.24. The van der Waals surface area contributed by atoms with Crippen molar-refractivity contribution in [3.63, 3.8) is 0 Å². The van der Waals surface area contributed by atoms with Gasteiger partial charge in [-0.3, -0.25) is 0 Å². The summed E-state index contributed by atoms with van der Waals surface area (Å²) < 4.78 is 13.1. The fourth-order valence-corrected chi connectivity index (χ4v) is 1.93. The van der Waals surface area contributed by atoms with Crippen molar-refractivity contribution in [1.29, 1.82) is 0 Å². The van der Waals surface area contributed by atoms with Gasteiger partial charge >= 0.3 is 0 Å². The first kappa shape index (κ1) is 9.46. The van der Waals surface area contributed by atoms with Gasteiger partial charge in [-0.25, -0.2) is 4.39 Å². The van der Waals surface area contributed by atoms with Crippen molar-refractivity contribution < 1.29 is 9.50 Å². The van der Waals surface area contributed by atoms with Gasteiger partial charge < -0.3 is 10.4 Å². The van der Waals surface area contributed by atoms with E-state index in [1.54, 1.807) is 12.1 Å². The number of aromatic hydroxyl groups is 1. The van der Waals surface area contributed by atoms with Crippen LogP contribution in [0.25, 0.3) is 0 Å². The van der Waals surface area contributed by atoms with E-state index in [1.165, 1.54) is 6.07 Å². The average Bonchev–Trinajstić information content (AvgIpc) is 2.23. The predicted molar refractivity (Wildman–Crippen MR) is 52.7 cm³/mol. The van der Waals surface area contributed by atoms with E-state index in [2.05, 4.69) is 5.32 Å². The van der Waals surface area contributed by atoms with Gasteiger partial charge in [-0.05, 0) is 25.5 Å². The van der Waals surface area contributed by atoms with Crippen molar-refractivity contribution in [1.82, 2.24) is 5.32 Å². The van der Waals surface area contributed by atoms with Crippen LogP contribution >= 0.6 is 0 Å². The van der Waals surface area contributed by atoms with Crippen LogP contribution in [0, 0.1) is 5.82 Å². The SMILES string of the molecule is Oc1c(F)cccc1C1CCCCN1. The Balaban J connectivity index is 2.26. The van der Waals surface area contributed by atoms with Crippen LogP contribution in [0.4, 0.5) is 4.39 Å². The number of halogens is 1. The van der Waals surface area contributed by atoms with Gasteiger partial charge in [0.05, 0.1) is 0 Å². The molecule has 1 saturated heterocycles. The Morgan fingerprint density at radius 1 is 1.36 bits per heavy atom. The summed E-state index contributed by atoms with van der Waals surface area (Å²) in [7, 11) is 0. The molecule has 0 aromatic heterocycles. The highest BCUT2D eigenvalue weighted by molar-refractivity contribution is 5.36. The lowest BCUT2D eigenvalue weighted by molar-refractivity contribution is 0.377. The van der Waals surface area contributed by atoms with Crippen LogP contribution in [0.2, 0.25) is 0 Å². The van der Waals surface area contributed by atoms with E-state index in [1.807, 2.05) is 0 Å². The number of hydrogen-bond acceptors (Lipinski definition) is 2. The minimum atomic E-state index is -0.533. The molecule has 1 aromatic carbocycles. The maximum absolute atomic E-state index is 13.1. The first-order valence-electron chi connectivity index (χ1n) is 5.00. The van der Waals surface area contributed by atoms with Gasteiger partial charge in [0, 0.05) is 11.6 Å². The first-order valence-corrected chi connectivity index (χ1v) is 5.00. The Morgan fingerprint density at radius 3 is 2.93 bits per heavy atom. The lowest BCUT2D eigenvalue weighted by atomic mass is 9.97. The fourth-order valence-electron chi connectivity index (χ4n) is 1.93. The van der Waals surface area contributed by atoms with Crippen molar-refractivity contribution in [2.45, 2.75) is 25.3 Å². The molecule has 0 bridgehead atoms. The lowest BCUT2D eigenvalue weighted by Crippen LogP contribution is -2.26. The van der Waals surface area contributed by atoms with Gasteiger partial charge in [-0.1, -0.05) is 18.6 Å². The standard InChI is InChI=1S/C11H14FNO/c12-9-5-3-4-8(11(9)14)10-6-1-2-7-13-10/h3-5,10,13-14H,1-2,6-7H2. The van der Waals surface area contributed by atoms with Gasteiger partial charge in [0.1, 0.15) is 0 Å². The van der Waals surface area contributed by atoms with Crippen molar-refractivity contribution in [3.8, 4) is 5.75 Å². The highest BCUT2D eigenvalue weighted by Crippen LogP contribution is 2.31. The summed E-state index contributed by atoms with van der Waals surface area (Å²) >= 11 is 0. The van der Waals surface area contributed by atoms with Crippen LogP contribution in [0.15, 0.2) is 18.2 Å². The molecular formula is C11H14FNO. The van der Waals surface area contributed by atoms with Crippen molar-refractivity contribution >= 4 is 0 Å². The zero-order valence-electron chi connectivity index (χ0n) is 7.96. The smallest absolute Gasteiger partial charge is 0.165 e.